The van der Waals surface area contributed by atoms with E-state index in [0.29, 0.717) is 32.9 Å². The van der Waals surface area contributed by atoms with Gasteiger partial charge in [-0.3, -0.25) is 106 Å². The van der Waals surface area contributed by atoms with E-state index in [0.717, 1.165) is 54.0 Å². The highest BCUT2D eigenvalue weighted by atomic mass is 32.2. The van der Waals surface area contributed by atoms with Gasteiger partial charge in [-0.25, -0.2) is 4.79 Å². The van der Waals surface area contributed by atoms with Crippen molar-refractivity contribution in [2.75, 3.05) is 99.6 Å². The third kappa shape index (κ3) is 34.3. The van der Waals surface area contributed by atoms with Gasteiger partial charge in [-0.15, -0.1) is 0 Å². The van der Waals surface area contributed by atoms with Crippen LogP contribution in [0, 0.1) is 11.3 Å². The van der Waals surface area contributed by atoms with E-state index in [-0.39, 0.29) is 112 Å². The predicted octanol–water partition coefficient (Wildman–Crippen LogP) is -5.40. The van der Waals surface area contributed by atoms with Gasteiger partial charge in [0.15, 0.2) is 5.96 Å². The number of rotatable bonds is 24. The van der Waals surface area contributed by atoms with Crippen LogP contribution in [0.5, 0.6) is 0 Å². The highest BCUT2D eigenvalue weighted by molar-refractivity contribution is 7.99. The lowest BCUT2D eigenvalue weighted by Crippen LogP contribution is -2.63. The fourth-order valence-corrected chi connectivity index (χ4v) is 20.6. The number of carbonyl (C=O) groups is 21. The number of carboxylic acid groups (broad SMARTS) is 2. The highest BCUT2D eigenvalue weighted by Crippen LogP contribution is 2.27. The van der Waals surface area contributed by atoms with Gasteiger partial charge in [0.1, 0.15) is 97.4 Å². The number of unbranched alkanes of at least 4 members (excludes halogenated alkanes) is 1. The summed E-state index contributed by atoms with van der Waals surface area (Å²) in [7, 11) is 0. The quantitative estimate of drug-likeness (QED) is 0.0156. The fraction of sp³-hybridized carbons (Fsp3) is 0.547. The Hall–Kier alpha value is -13.9. The number of nitrogens with one attached hydrogen (secondary N) is 17. The zero-order valence-electron chi connectivity index (χ0n) is 83.4. The SMILES string of the molecule is CC[C@H](C)[C@@H]1NC(=O)[C@@H]2COCN2C(=O)[C@H]([C@@H](C)O)NC(=O)[C@H](CO)NC(=O)[C@H](Cc2c[nH]c3ccccc23)NC(=O)[C@H](CC(N)=O)NC(=O)[C@H](CCCCNC(=N)N)NC(=O)[C@H](CCSC)NC(=O)[C@@H]2CSCCC(=O)N3CN(CN(C3)C(=O)CCSC[C@@H](NC(C)=O)C(=O)N3CCC[C@H]3C(=O)N[C@@H](Cc3ccccn3)C(=O)N[C@H](CC(=O)O)C(=O)N2)C(=O)CCSC[C@@H](C(=O)O)NC(=O)[C@H](Cc2c[nH]c3ccccc23)NC1=O. The van der Waals surface area contributed by atoms with Crippen LogP contribution in [0.15, 0.2) is 85.3 Å². The summed E-state index contributed by atoms with van der Waals surface area (Å²) < 4.78 is 5.64. The van der Waals surface area contributed by atoms with Crippen LogP contribution in [-0.2, 0) is 125 Å². The number of H-pyrrole nitrogens is 2. The van der Waals surface area contributed by atoms with Gasteiger partial charge in [-0.2, -0.15) is 47.0 Å². The molecule has 17 atom stereocenters. The van der Waals surface area contributed by atoms with E-state index >= 15 is 33.6 Å². The number of hydrogen-bond acceptors (Lipinski definition) is 30. The summed E-state index contributed by atoms with van der Waals surface area (Å²) in [5, 5.41) is 88.0. The lowest BCUT2D eigenvalue weighted by Gasteiger charge is -2.42. The van der Waals surface area contributed by atoms with Gasteiger partial charge >= 0.3 is 11.9 Å². The maximum atomic E-state index is 15.4. The van der Waals surface area contributed by atoms with Crippen molar-refractivity contribution in [2.45, 2.75) is 221 Å². The van der Waals surface area contributed by atoms with Crippen LogP contribution < -0.4 is 85.9 Å². The molecule has 0 unspecified atom stereocenters. The maximum absolute atomic E-state index is 15.4. The first kappa shape index (κ1) is 118. The predicted molar refractivity (Wildman–Crippen MR) is 549 cm³/mol. The molecule has 5 saturated heterocycles. The number of primary amides is 1. The largest absolute Gasteiger partial charge is 0.481 e. The van der Waals surface area contributed by atoms with E-state index in [1.54, 1.807) is 87.0 Å². The van der Waals surface area contributed by atoms with Crippen molar-refractivity contribution in [1.82, 2.24) is 114 Å². The number of aliphatic hydroxyl groups excluding tert-OH is 2. The molecule has 19 amide bonds. The van der Waals surface area contributed by atoms with Crippen molar-refractivity contribution in [3.63, 3.8) is 0 Å². The highest BCUT2D eigenvalue weighted by Gasteiger charge is 2.47. The Morgan fingerprint density at radius 1 is 0.540 bits per heavy atom. The smallest absolute Gasteiger partial charge is 0.327 e. The van der Waals surface area contributed by atoms with Gasteiger partial charge in [-0.1, -0.05) is 62.7 Å². The first-order chi connectivity index (χ1) is 71.6. The van der Waals surface area contributed by atoms with E-state index in [4.69, 9.17) is 21.6 Å². The summed E-state index contributed by atoms with van der Waals surface area (Å²) in [6.45, 7) is 1.81. The Kier molecular flexibility index (Phi) is 45.4. The van der Waals surface area contributed by atoms with Crippen molar-refractivity contribution >= 4 is 199 Å². The Balaban J connectivity index is 1.03. The number of carbonyl (C=O) groups excluding carboxylic acids is 19. The van der Waals surface area contributed by atoms with Crippen molar-refractivity contribution in [3.05, 3.63) is 102 Å². The van der Waals surface area contributed by atoms with Crippen molar-refractivity contribution in [2.24, 2.45) is 17.4 Å². The molecular weight excluding hydrogens is 2040 g/mol. The molecule has 816 valence electrons. The van der Waals surface area contributed by atoms with Gasteiger partial charge in [0.05, 0.1) is 52.2 Å². The Morgan fingerprint density at radius 3 is 1.57 bits per heavy atom. The second-order valence-electron chi connectivity index (χ2n) is 36.7. The number of nitrogens with zero attached hydrogens (tertiary/aromatic N) is 6. The first-order valence-electron chi connectivity index (χ1n) is 48.9. The number of thioether (sulfide) groups is 4. The number of fused-ring (bicyclic) bond motifs is 11. The average molecular weight is 2170 g/mol. The van der Waals surface area contributed by atoms with E-state index in [1.807, 2.05) is 0 Å². The number of aliphatic hydroxyl groups is 2. The molecular formula is C95H131N25O26S4. The van der Waals surface area contributed by atoms with Gasteiger partial charge in [0.2, 0.25) is 112 Å². The van der Waals surface area contributed by atoms with Crippen LogP contribution >= 0.6 is 47.0 Å². The Bertz CT molecular complexity index is 5710. The van der Waals surface area contributed by atoms with Crippen LogP contribution in [0.25, 0.3) is 21.8 Å². The van der Waals surface area contributed by atoms with Crippen LogP contribution in [0.4, 0.5) is 0 Å². The molecule has 55 heteroatoms. The van der Waals surface area contributed by atoms with E-state index in [1.165, 1.54) is 49.8 Å². The van der Waals surface area contributed by atoms with Crippen LogP contribution in [0.1, 0.15) is 122 Å². The number of ether oxygens (including phenoxy) is 1. The van der Waals surface area contributed by atoms with Crippen molar-refractivity contribution in [1.29, 1.82) is 5.41 Å². The lowest BCUT2D eigenvalue weighted by atomic mass is 9.96. The topological polar surface area (TPSA) is 754 Å². The minimum absolute atomic E-state index is 0.00984. The Labute approximate surface area is 879 Å². The molecule has 25 N–H and O–H groups in total. The number of nitrogens with two attached hydrogens (primary N) is 2. The van der Waals surface area contributed by atoms with Crippen LogP contribution in [0.3, 0.4) is 0 Å². The Morgan fingerprint density at radius 2 is 1.03 bits per heavy atom. The number of para-hydroxylation sites is 2. The van der Waals surface area contributed by atoms with E-state index in [2.05, 4.69) is 89.4 Å². The molecule has 4 bridgehead atoms. The summed E-state index contributed by atoms with van der Waals surface area (Å²) in [4.78, 5) is 322. The number of aromatic amines is 2. The monoisotopic (exact) mass is 2170 g/mol. The summed E-state index contributed by atoms with van der Waals surface area (Å²) in [6.07, 6.45) is -0.212. The number of amides is 19. The molecule has 5 aliphatic rings. The molecule has 0 aliphatic carbocycles. The van der Waals surface area contributed by atoms with Crippen LogP contribution in [0.2, 0.25) is 0 Å². The normalized spacial score (nSPS) is 25.5. The number of pyridine rings is 1. The van der Waals surface area contributed by atoms with Crippen molar-refractivity contribution in [3.8, 4) is 0 Å². The van der Waals surface area contributed by atoms with Gasteiger partial charge < -0.3 is 146 Å². The average Bonchev–Trinajstić information content (AvgIpc) is 1.63. The molecule has 0 radical (unpaired) electrons. The molecule has 0 spiro atoms. The molecule has 5 aromatic rings. The second-order valence-corrected chi connectivity index (χ2v) is 41.2. The number of aliphatic carboxylic acids is 2. The van der Waals surface area contributed by atoms with Gasteiger partial charge in [0, 0.05) is 139 Å². The van der Waals surface area contributed by atoms with E-state index in [9.17, 15) is 87.5 Å². The molecule has 10 rings (SSSR count). The standard InChI is InChI=1S/C95H131N25O26S4/c1-6-50(2)78-91(141)110-63(35-54-40-102-59-20-10-8-18-57(54)59)83(133)113-70(94(144)145)45-150-33-26-76(127)118-47-116-46-117(48-118)75(126)25-32-149-44-69(103-52(4)123)92(142)119-29-15-22-71(119)89(139)109-64(36-55-16-11-13-27-99-55)84(134)108-66(38-77(128)129)86(136)112-68(43-148-31-24-74(116)125)88(138)105-61(23-30-147-5)81(131)104-60(21-12-14-28-100-95(97)98)80(130)107-65(37-73(96)124)85(135)106-62(34-53-39-101-58-19-9-7-17-56(53)58)82(132)111-67(41-121)87(137)115-79(51(3)122)93(143)120-49-146-42-72(120)90(140)114-78/h7-11,13,16-20,27,39-40,50-51,60-72,78-79,101-102,121-122H,6,12,14-15,21-26,28-38,41-49H2,1-5H3,(H2,96,124)(H,103,123)(H,104,131)(H,105,138)(H,106,135)(H,107,130)(H,108,134)(H,109,139)(H,110,141)(H,111,132)(H,112,136)(H,113,133)(H,114,140)(H,115,137)(H,128,129)(H,144,145)(H4,97,98,100)/t50-,51+,60-,61-,62-,63-,64-,65-,66+,67-,68-,69+,70-,71-,72-,78-,79-/m0/s1. The third-order valence-corrected chi connectivity index (χ3v) is 29.4. The molecule has 0 saturated carbocycles. The molecule has 150 heavy (non-hydrogen) atoms. The zero-order chi connectivity index (χ0) is 109. The molecule has 5 aliphatic heterocycles. The molecule has 51 nitrogen and oxygen atoms in total. The lowest BCUT2D eigenvalue weighted by molar-refractivity contribution is -0.158. The number of hydrogen-bond donors (Lipinski definition) is 23. The number of carboxylic acids is 2. The zero-order valence-corrected chi connectivity index (χ0v) is 86.6. The summed E-state index contributed by atoms with van der Waals surface area (Å²) in [5.74, 6) is -25.4. The summed E-state index contributed by atoms with van der Waals surface area (Å²) in [6, 6.07) is -7.93. The van der Waals surface area contributed by atoms with E-state index < -0.39 is 316 Å². The number of benzene rings is 2. The molecule has 5 fully saturated rings. The minimum atomic E-state index is -2.11. The number of aromatic nitrogens is 3. The van der Waals surface area contributed by atoms with Gasteiger partial charge in [0.25, 0.3) is 0 Å². The molecule has 3 aromatic heterocycles. The molecule has 2 aromatic carbocycles. The first-order valence-corrected chi connectivity index (χ1v) is 53.8. The second kappa shape index (κ2) is 57.7. The summed E-state index contributed by atoms with van der Waals surface area (Å²) in [5.41, 5.74) is 13.5. The fourth-order valence-electron chi connectivity index (χ4n) is 17.3. The van der Waals surface area contributed by atoms with Crippen molar-refractivity contribution < 1.29 is 126 Å². The summed E-state index contributed by atoms with van der Waals surface area (Å²) >= 11 is 4.00. The number of guanidine groups is 1. The maximum Gasteiger partial charge on any atom is 0.327 e. The third-order valence-electron chi connectivity index (χ3n) is 25.6. The van der Waals surface area contributed by atoms with Gasteiger partial charge in [-0.05, 0) is 98.8 Å². The molecule has 8 heterocycles. The van der Waals surface area contributed by atoms with Crippen LogP contribution in [-0.4, -0.2) is 386 Å². The minimum Gasteiger partial charge on any atom is -0.481 e.